The summed E-state index contributed by atoms with van der Waals surface area (Å²) in [5, 5.41) is 3.09. The van der Waals surface area contributed by atoms with E-state index in [0.29, 0.717) is 22.9 Å². The van der Waals surface area contributed by atoms with Gasteiger partial charge in [0.15, 0.2) is 11.2 Å². The lowest BCUT2D eigenvalue weighted by Gasteiger charge is -2.12. The first-order valence-corrected chi connectivity index (χ1v) is 7.88. The molecule has 0 spiro atoms. The van der Waals surface area contributed by atoms with Gasteiger partial charge in [-0.25, -0.2) is 4.98 Å². The van der Waals surface area contributed by atoms with Crippen LogP contribution in [-0.4, -0.2) is 21.1 Å². The molecule has 1 atom stereocenters. The fourth-order valence-corrected chi connectivity index (χ4v) is 2.84. The quantitative estimate of drug-likeness (QED) is 0.727. The zero-order chi connectivity index (χ0) is 15.4. The zero-order valence-electron chi connectivity index (χ0n) is 12.0. The molecule has 0 aliphatic heterocycles. The van der Waals surface area contributed by atoms with Crippen molar-refractivity contribution in [1.29, 1.82) is 0 Å². The summed E-state index contributed by atoms with van der Waals surface area (Å²) in [6.07, 6.45) is 2.34. The number of carbonyl (C=O) groups excluding carboxylic acids is 1. The summed E-state index contributed by atoms with van der Waals surface area (Å²) in [6, 6.07) is 13.0. The predicted octanol–water partition coefficient (Wildman–Crippen LogP) is 3.73. The normalized spacial score (nSPS) is 12.2. The third kappa shape index (κ3) is 3.28. The van der Waals surface area contributed by atoms with Gasteiger partial charge in [0.25, 0.3) is 5.22 Å². The number of hydrogen-bond donors (Lipinski definition) is 1. The van der Waals surface area contributed by atoms with Crippen LogP contribution >= 0.6 is 11.8 Å². The Morgan fingerprint density at radius 1 is 1.27 bits per heavy atom. The van der Waals surface area contributed by atoms with Gasteiger partial charge < -0.3 is 9.73 Å². The number of carbonyl (C=O) groups is 1. The van der Waals surface area contributed by atoms with Crippen molar-refractivity contribution in [2.75, 3.05) is 5.32 Å². The number of nitrogens with one attached hydrogen (secondary N) is 1. The Labute approximate surface area is 132 Å². The monoisotopic (exact) mass is 313 g/mol. The molecule has 2 heterocycles. The SMILES string of the molecule is CC[C@H](Sc1nc2ncccc2o1)C(=O)Nc1ccccc1. The standard InChI is InChI=1S/C16H15N3O2S/c1-2-13(15(20)18-11-7-4-3-5-8-11)22-16-19-14-12(21-16)9-6-10-17-14/h3-10,13H,2H2,1H3,(H,18,20)/t13-/m0/s1. The van der Waals surface area contributed by atoms with Crippen LogP contribution in [-0.2, 0) is 4.79 Å². The molecule has 0 aliphatic carbocycles. The molecular weight excluding hydrogens is 298 g/mol. The van der Waals surface area contributed by atoms with Gasteiger partial charge in [-0.15, -0.1) is 0 Å². The number of rotatable bonds is 5. The molecule has 0 unspecified atom stereocenters. The molecule has 22 heavy (non-hydrogen) atoms. The highest BCUT2D eigenvalue weighted by atomic mass is 32.2. The number of nitrogens with zero attached hydrogens (tertiary/aromatic N) is 2. The second-order valence-corrected chi connectivity index (χ2v) is 5.83. The summed E-state index contributed by atoms with van der Waals surface area (Å²) < 4.78 is 5.61. The first kappa shape index (κ1) is 14.6. The van der Waals surface area contributed by atoms with Crippen LogP contribution in [0.1, 0.15) is 13.3 Å². The van der Waals surface area contributed by atoms with Crippen LogP contribution in [0, 0.1) is 0 Å². The van der Waals surface area contributed by atoms with Crippen molar-refractivity contribution in [2.45, 2.75) is 23.8 Å². The second-order valence-electron chi connectivity index (χ2n) is 4.67. The Kier molecular flexibility index (Phi) is 4.39. The molecule has 0 fully saturated rings. The van der Waals surface area contributed by atoms with Crippen molar-refractivity contribution in [3.05, 3.63) is 48.7 Å². The molecule has 112 valence electrons. The third-order valence-corrected chi connectivity index (χ3v) is 4.30. The van der Waals surface area contributed by atoms with Crippen LogP contribution < -0.4 is 5.32 Å². The fraction of sp³-hybridized carbons (Fsp3) is 0.188. The van der Waals surface area contributed by atoms with E-state index in [0.717, 1.165) is 5.69 Å². The summed E-state index contributed by atoms with van der Waals surface area (Å²) in [4.78, 5) is 20.8. The highest BCUT2D eigenvalue weighted by Gasteiger charge is 2.21. The number of thioether (sulfide) groups is 1. The Balaban J connectivity index is 1.72. The molecule has 0 saturated heterocycles. The molecule has 0 saturated carbocycles. The van der Waals surface area contributed by atoms with Gasteiger partial charge in [-0.2, -0.15) is 4.98 Å². The van der Waals surface area contributed by atoms with Crippen LogP contribution in [0.25, 0.3) is 11.2 Å². The Hall–Kier alpha value is -2.34. The molecule has 0 radical (unpaired) electrons. The average molecular weight is 313 g/mol. The van der Waals surface area contributed by atoms with E-state index in [2.05, 4.69) is 15.3 Å². The summed E-state index contributed by atoms with van der Waals surface area (Å²) >= 11 is 1.31. The van der Waals surface area contributed by atoms with E-state index in [9.17, 15) is 4.79 Å². The van der Waals surface area contributed by atoms with Gasteiger partial charge in [-0.05, 0) is 30.7 Å². The van der Waals surface area contributed by atoms with Gasteiger partial charge in [0.05, 0.1) is 5.25 Å². The maximum Gasteiger partial charge on any atom is 0.259 e. The Bertz CT molecular complexity index is 740. The number of para-hydroxylation sites is 1. The van der Waals surface area contributed by atoms with E-state index in [1.165, 1.54) is 11.8 Å². The molecule has 0 aliphatic rings. The second kappa shape index (κ2) is 6.62. The van der Waals surface area contributed by atoms with E-state index >= 15 is 0 Å². The van der Waals surface area contributed by atoms with Gasteiger partial charge in [-0.1, -0.05) is 36.9 Å². The largest absolute Gasteiger partial charge is 0.430 e. The summed E-state index contributed by atoms with van der Waals surface area (Å²) in [6.45, 7) is 1.96. The smallest absolute Gasteiger partial charge is 0.259 e. The van der Waals surface area contributed by atoms with Crippen LogP contribution in [0.4, 0.5) is 5.69 Å². The number of pyridine rings is 1. The van der Waals surface area contributed by atoms with Gasteiger partial charge in [0, 0.05) is 11.9 Å². The van der Waals surface area contributed by atoms with Gasteiger partial charge in [0.1, 0.15) is 0 Å². The zero-order valence-corrected chi connectivity index (χ0v) is 12.8. The van der Waals surface area contributed by atoms with Crippen LogP contribution in [0.15, 0.2) is 58.3 Å². The highest BCUT2D eigenvalue weighted by Crippen LogP contribution is 2.28. The minimum Gasteiger partial charge on any atom is -0.430 e. The molecule has 2 aromatic heterocycles. The summed E-state index contributed by atoms with van der Waals surface area (Å²) in [7, 11) is 0. The lowest BCUT2D eigenvalue weighted by atomic mass is 10.3. The van der Waals surface area contributed by atoms with E-state index in [1.807, 2.05) is 43.3 Å². The first-order chi connectivity index (χ1) is 10.8. The minimum absolute atomic E-state index is 0.0612. The van der Waals surface area contributed by atoms with Crippen molar-refractivity contribution >= 4 is 34.6 Å². The lowest BCUT2D eigenvalue weighted by molar-refractivity contribution is -0.115. The van der Waals surface area contributed by atoms with Gasteiger partial charge in [-0.3, -0.25) is 4.79 Å². The summed E-state index contributed by atoms with van der Waals surface area (Å²) in [5.74, 6) is -0.0612. The predicted molar refractivity (Wildman–Crippen MR) is 86.8 cm³/mol. The maximum atomic E-state index is 12.3. The number of anilines is 1. The fourth-order valence-electron chi connectivity index (χ4n) is 1.99. The van der Waals surface area contributed by atoms with Gasteiger partial charge in [0.2, 0.25) is 5.91 Å². The molecule has 6 heteroatoms. The van der Waals surface area contributed by atoms with Gasteiger partial charge >= 0.3 is 0 Å². The van der Waals surface area contributed by atoms with E-state index < -0.39 is 0 Å². The Morgan fingerprint density at radius 2 is 2.09 bits per heavy atom. The number of hydrogen-bond acceptors (Lipinski definition) is 5. The topological polar surface area (TPSA) is 68.0 Å². The number of benzene rings is 1. The molecule has 5 nitrogen and oxygen atoms in total. The van der Waals surface area contributed by atoms with Crippen molar-refractivity contribution in [3.63, 3.8) is 0 Å². The molecule has 1 N–H and O–H groups in total. The molecule has 1 amide bonds. The molecule has 1 aromatic carbocycles. The van der Waals surface area contributed by atoms with Crippen molar-refractivity contribution in [2.24, 2.45) is 0 Å². The molecule has 3 rings (SSSR count). The number of aromatic nitrogens is 2. The Morgan fingerprint density at radius 3 is 2.82 bits per heavy atom. The first-order valence-electron chi connectivity index (χ1n) is 7.00. The van der Waals surface area contributed by atoms with E-state index in [4.69, 9.17) is 4.42 Å². The van der Waals surface area contributed by atoms with Crippen molar-refractivity contribution < 1.29 is 9.21 Å². The third-order valence-electron chi connectivity index (χ3n) is 3.09. The van der Waals surface area contributed by atoms with Crippen LogP contribution in [0.5, 0.6) is 0 Å². The average Bonchev–Trinajstić information content (AvgIpc) is 2.96. The number of oxazole rings is 1. The van der Waals surface area contributed by atoms with Crippen molar-refractivity contribution in [1.82, 2.24) is 9.97 Å². The van der Waals surface area contributed by atoms with E-state index in [1.54, 1.807) is 12.3 Å². The van der Waals surface area contributed by atoms with Crippen molar-refractivity contribution in [3.8, 4) is 0 Å². The van der Waals surface area contributed by atoms with E-state index in [-0.39, 0.29) is 11.2 Å². The minimum atomic E-state index is -0.270. The summed E-state index contributed by atoms with van der Waals surface area (Å²) in [5.41, 5.74) is 1.97. The number of fused-ring (bicyclic) bond motifs is 1. The maximum absolute atomic E-state index is 12.3. The molecule has 0 bridgehead atoms. The molecule has 3 aromatic rings. The van der Waals surface area contributed by atoms with Crippen LogP contribution in [0.3, 0.4) is 0 Å². The number of amides is 1. The highest BCUT2D eigenvalue weighted by molar-refractivity contribution is 8.00. The molecular formula is C16H15N3O2S. The lowest BCUT2D eigenvalue weighted by Crippen LogP contribution is -2.24. The van der Waals surface area contributed by atoms with Crippen LogP contribution in [0.2, 0.25) is 0 Å².